The first-order valence-electron chi connectivity index (χ1n) is 7.12. The molecule has 2 rings (SSSR count). The Morgan fingerprint density at radius 1 is 1.40 bits per heavy atom. The number of hydrogen-bond acceptors (Lipinski definition) is 3. The van der Waals surface area contributed by atoms with Gasteiger partial charge in [0, 0.05) is 35.6 Å². The lowest BCUT2D eigenvalue weighted by atomic mass is 10.1. The maximum Gasteiger partial charge on any atom is 0.0945 e. The molecular formula is C16H23N3S. The molecule has 2 aromatic rings. The Balaban J connectivity index is 1.97. The molecule has 1 unspecified atom stereocenters. The maximum absolute atomic E-state index is 4.15. The van der Waals surface area contributed by atoms with E-state index in [4.69, 9.17) is 0 Å². The number of imidazole rings is 1. The van der Waals surface area contributed by atoms with E-state index < -0.39 is 0 Å². The topological polar surface area (TPSA) is 29.9 Å². The van der Waals surface area contributed by atoms with E-state index in [0.717, 1.165) is 12.3 Å². The number of rotatable bonds is 7. The van der Waals surface area contributed by atoms with Crippen LogP contribution in [0.3, 0.4) is 0 Å². The van der Waals surface area contributed by atoms with E-state index >= 15 is 0 Å². The lowest BCUT2D eigenvalue weighted by Gasteiger charge is -2.14. The second-order valence-electron chi connectivity index (χ2n) is 5.03. The second-order valence-corrected chi connectivity index (χ2v) is 6.08. The van der Waals surface area contributed by atoms with Crippen LogP contribution in [0.1, 0.15) is 37.6 Å². The minimum atomic E-state index is 0.409. The summed E-state index contributed by atoms with van der Waals surface area (Å²) in [6.45, 7) is 5.48. The highest BCUT2D eigenvalue weighted by Crippen LogP contribution is 2.25. The molecule has 0 aliphatic carbocycles. The number of aromatic nitrogens is 2. The largest absolute Gasteiger partial charge is 0.337 e. The molecule has 1 aromatic heterocycles. The number of benzene rings is 1. The minimum absolute atomic E-state index is 0.409. The average Bonchev–Trinajstić information content (AvgIpc) is 2.88. The van der Waals surface area contributed by atoms with E-state index in [1.165, 1.54) is 22.6 Å². The molecule has 0 saturated carbocycles. The van der Waals surface area contributed by atoms with Gasteiger partial charge < -0.3 is 9.88 Å². The third kappa shape index (κ3) is 4.12. The van der Waals surface area contributed by atoms with Crippen molar-refractivity contribution in [1.29, 1.82) is 0 Å². The number of aryl methyl sites for hydroxylation is 1. The number of nitrogens with one attached hydrogen (secondary N) is 1. The zero-order valence-electron chi connectivity index (χ0n) is 12.5. The summed E-state index contributed by atoms with van der Waals surface area (Å²) in [7, 11) is 2.04. The van der Waals surface area contributed by atoms with Crippen LogP contribution < -0.4 is 5.32 Å². The summed E-state index contributed by atoms with van der Waals surface area (Å²) in [4.78, 5) is 5.47. The standard InChI is InChI=1S/C16H23N3S/c1-4-8-18-13(2)14-6-5-7-16(9-14)20-11-15-10-17-12-19(15)3/h5-7,9-10,12-13,18H,4,8,11H2,1-3H3. The Morgan fingerprint density at radius 2 is 2.25 bits per heavy atom. The molecule has 0 fully saturated rings. The van der Waals surface area contributed by atoms with Crippen molar-refractivity contribution < 1.29 is 0 Å². The lowest BCUT2D eigenvalue weighted by Crippen LogP contribution is -2.19. The molecule has 0 aliphatic heterocycles. The molecule has 1 N–H and O–H groups in total. The van der Waals surface area contributed by atoms with Crippen molar-refractivity contribution >= 4 is 11.8 Å². The first kappa shape index (κ1) is 15.1. The molecule has 0 aliphatic rings. The Labute approximate surface area is 125 Å². The maximum atomic E-state index is 4.15. The Hall–Kier alpha value is -1.26. The van der Waals surface area contributed by atoms with Gasteiger partial charge in [0.05, 0.1) is 6.33 Å². The molecule has 1 aromatic carbocycles. The predicted molar refractivity (Wildman–Crippen MR) is 85.9 cm³/mol. The van der Waals surface area contributed by atoms with E-state index in [1.807, 2.05) is 31.3 Å². The summed E-state index contributed by atoms with van der Waals surface area (Å²) in [5, 5.41) is 3.53. The first-order chi connectivity index (χ1) is 9.70. The van der Waals surface area contributed by atoms with Gasteiger partial charge in [0.15, 0.2) is 0 Å². The zero-order valence-corrected chi connectivity index (χ0v) is 13.3. The van der Waals surface area contributed by atoms with Crippen molar-refractivity contribution in [3.05, 3.63) is 48.0 Å². The van der Waals surface area contributed by atoms with Crippen LogP contribution in [0.2, 0.25) is 0 Å². The fourth-order valence-corrected chi connectivity index (χ4v) is 3.02. The van der Waals surface area contributed by atoms with Crippen LogP contribution in [0.4, 0.5) is 0 Å². The summed E-state index contributed by atoms with van der Waals surface area (Å²) in [6, 6.07) is 9.21. The quantitative estimate of drug-likeness (QED) is 0.787. The van der Waals surface area contributed by atoms with Crippen LogP contribution in [0.5, 0.6) is 0 Å². The summed E-state index contributed by atoms with van der Waals surface area (Å²) >= 11 is 1.86. The zero-order chi connectivity index (χ0) is 14.4. The molecule has 0 radical (unpaired) electrons. The number of thioether (sulfide) groups is 1. The summed E-state index contributed by atoms with van der Waals surface area (Å²) in [5.74, 6) is 0.955. The van der Waals surface area contributed by atoms with Gasteiger partial charge >= 0.3 is 0 Å². The van der Waals surface area contributed by atoms with Crippen molar-refractivity contribution in [3.8, 4) is 0 Å². The molecule has 0 amide bonds. The third-order valence-electron chi connectivity index (χ3n) is 3.36. The first-order valence-corrected chi connectivity index (χ1v) is 8.10. The van der Waals surface area contributed by atoms with Crippen LogP contribution in [0.25, 0.3) is 0 Å². The molecule has 0 bridgehead atoms. The van der Waals surface area contributed by atoms with Gasteiger partial charge in [-0.15, -0.1) is 11.8 Å². The van der Waals surface area contributed by atoms with Crippen molar-refractivity contribution in [2.75, 3.05) is 6.54 Å². The summed E-state index contributed by atoms with van der Waals surface area (Å²) in [6.07, 6.45) is 4.95. The molecule has 0 saturated heterocycles. The van der Waals surface area contributed by atoms with Crippen molar-refractivity contribution in [3.63, 3.8) is 0 Å². The third-order valence-corrected chi connectivity index (χ3v) is 4.39. The van der Waals surface area contributed by atoms with Crippen molar-refractivity contribution in [1.82, 2.24) is 14.9 Å². The fourth-order valence-electron chi connectivity index (χ4n) is 2.03. The average molecular weight is 289 g/mol. The van der Waals surface area contributed by atoms with Crippen LogP contribution in [0, 0.1) is 0 Å². The molecule has 1 heterocycles. The van der Waals surface area contributed by atoms with E-state index in [-0.39, 0.29) is 0 Å². The molecule has 0 spiro atoms. The Kier molecular flexibility index (Phi) is 5.68. The van der Waals surface area contributed by atoms with Gasteiger partial charge in [0.25, 0.3) is 0 Å². The molecular weight excluding hydrogens is 266 g/mol. The minimum Gasteiger partial charge on any atom is -0.337 e. The van der Waals surface area contributed by atoms with Gasteiger partial charge in [-0.2, -0.15) is 0 Å². The SMILES string of the molecule is CCCNC(C)c1cccc(SCc2cncn2C)c1. The van der Waals surface area contributed by atoms with Gasteiger partial charge in [0.2, 0.25) is 0 Å². The van der Waals surface area contributed by atoms with Gasteiger partial charge in [-0.3, -0.25) is 0 Å². The molecule has 1 atom stereocenters. The van der Waals surface area contributed by atoms with Gasteiger partial charge in [0.1, 0.15) is 0 Å². The van der Waals surface area contributed by atoms with E-state index in [1.54, 1.807) is 0 Å². The van der Waals surface area contributed by atoms with Crippen LogP contribution in [-0.2, 0) is 12.8 Å². The lowest BCUT2D eigenvalue weighted by molar-refractivity contribution is 0.570. The van der Waals surface area contributed by atoms with E-state index in [9.17, 15) is 0 Å². The second kappa shape index (κ2) is 7.50. The summed E-state index contributed by atoms with van der Waals surface area (Å²) < 4.78 is 2.07. The highest BCUT2D eigenvalue weighted by Gasteiger charge is 2.06. The van der Waals surface area contributed by atoms with Crippen LogP contribution in [-0.4, -0.2) is 16.1 Å². The van der Waals surface area contributed by atoms with E-state index in [0.29, 0.717) is 6.04 Å². The fraction of sp³-hybridized carbons (Fsp3) is 0.438. The van der Waals surface area contributed by atoms with E-state index in [2.05, 4.69) is 53.0 Å². The molecule has 4 heteroatoms. The monoisotopic (exact) mass is 289 g/mol. The Bertz CT molecular complexity index is 536. The highest BCUT2D eigenvalue weighted by molar-refractivity contribution is 7.98. The molecule has 108 valence electrons. The van der Waals surface area contributed by atoms with Crippen LogP contribution >= 0.6 is 11.8 Å². The van der Waals surface area contributed by atoms with Gasteiger partial charge in [-0.1, -0.05) is 19.1 Å². The highest BCUT2D eigenvalue weighted by atomic mass is 32.2. The van der Waals surface area contributed by atoms with Gasteiger partial charge in [-0.05, 0) is 37.6 Å². The molecule has 20 heavy (non-hydrogen) atoms. The van der Waals surface area contributed by atoms with Crippen molar-refractivity contribution in [2.24, 2.45) is 7.05 Å². The predicted octanol–water partition coefficient (Wildman–Crippen LogP) is 3.77. The Morgan fingerprint density at radius 3 is 2.95 bits per heavy atom. The normalized spacial score (nSPS) is 12.6. The smallest absolute Gasteiger partial charge is 0.0945 e. The number of hydrogen-bond donors (Lipinski definition) is 1. The number of nitrogens with zero attached hydrogens (tertiary/aromatic N) is 2. The van der Waals surface area contributed by atoms with Crippen LogP contribution in [0.15, 0.2) is 41.7 Å². The molecule has 3 nitrogen and oxygen atoms in total. The van der Waals surface area contributed by atoms with Gasteiger partial charge in [-0.25, -0.2) is 4.98 Å². The van der Waals surface area contributed by atoms with Crippen molar-refractivity contribution in [2.45, 2.75) is 37.0 Å². The summed E-state index contributed by atoms with van der Waals surface area (Å²) in [5.41, 5.74) is 2.60.